The third kappa shape index (κ3) is 3.80. The molecule has 0 bridgehead atoms. The molecule has 27 heavy (non-hydrogen) atoms. The number of aryl methyl sites for hydroxylation is 1. The molecule has 0 radical (unpaired) electrons. The highest BCUT2D eigenvalue weighted by Crippen LogP contribution is 2.31. The first kappa shape index (κ1) is 18.5. The summed E-state index contributed by atoms with van der Waals surface area (Å²) in [6, 6.07) is 13.4. The van der Waals surface area contributed by atoms with Gasteiger partial charge in [-0.15, -0.1) is 11.3 Å². The smallest absolute Gasteiger partial charge is 0.349 e. The molecule has 2 aromatic carbocycles. The molecule has 0 aliphatic heterocycles. The van der Waals surface area contributed by atoms with Crippen LogP contribution in [-0.2, 0) is 9.53 Å². The SMILES string of the molecule is Cc1c(C(=O)O[C@@H](C)C(=O)Nc2ccccc2[N+](=O)[O-])sc2ccccc12. The van der Waals surface area contributed by atoms with Crippen molar-refractivity contribution in [2.24, 2.45) is 0 Å². The molecule has 0 aliphatic rings. The lowest BCUT2D eigenvalue weighted by atomic mass is 10.1. The summed E-state index contributed by atoms with van der Waals surface area (Å²) in [5.74, 6) is -1.24. The number of anilines is 1. The van der Waals surface area contributed by atoms with Gasteiger partial charge in [0.15, 0.2) is 6.10 Å². The number of benzene rings is 2. The molecular formula is C19H16N2O5S. The number of hydrogen-bond donors (Lipinski definition) is 1. The summed E-state index contributed by atoms with van der Waals surface area (Å²) in [6.07, 6.45) is -1.11. The quantitative estimate of drug-likeness (QED) is 0.402. The van der Waals surface area contributed by atoms with Gasteiger partial charge in [-0.1, -0.05) is 30.3 Å². The molecule has 8 heteroatoms. The topological polar surface area (TPSA) is 98.5 Å². The number of nitrogens with one attached hydrogen (secondary N) is 1. The normalized spacial score (nSPS) is 11.8. The summed E-state index contributed by atoms with van der Waals surface area (Å²) in [4.78, 5) is 35.7. The first-order chi connectivity index (χ1) is 12.9. The number of nitrogens with zero attached hydrogens (tertiary/aromatic N) is 1. The first-order valence-corrected chi connectivity index (χ1v) is 8.93. The molecule has 0 saturated heterocycles. The Morgan fingerprint density at radius 2 is 1.81 bits per heavy atom. The number of nitro groups is 1. The molecule has 0 aliphatic carbocycles. The van der Waals surface area contributed by atoms with Gasteiger partial charge in [-0.25, -0.2) is 4.79 Å². The van der Waals surface area contributed by atoms with E-state index in [1.54, 1.807) is 6.07 Å². The van der Waals surface area contributed by atoms with Crippen LogP contribution < -0.4 is 5.32 Å². The van der Waals surface area contributed by atoms with Crippen LogP contribution in [0.3, 0.4) is 0 Å². The molecule has 0 fully saturated rings. The van der Waals surface area contributed by atoms with E-state index in [4.69, 9.17) is 4.74 Å². The average molecular weight is 384 g/mol. The van der Waals surface area contributed by atoms with Crippen LogP contribution in [0.4, 0.5) is 11.4 Å². The van der Waals surface area contributed by atoms with Gasteiger partial charge in [0.1, 0.15) is 10.6 Å². The predicted octanol–water partition coefficient (Wildman–Crippen LogP) is 4.30. The largest absolute Gasteiger partial charge is 0.448 e. The van der Waals surface area contributed by atoms with Crippen molar-refractivity contribution in [2.45, 2.75) is 20.0 Å². The number of carbonyl (C=O) groups is 2. The third-order valence-corrected chi connectivity index (χ3v) is 5.29. The number of amides is 1. The Labute approximate surface area is 158 Å². The molecule has 1 heterocycles. The number of fused-ring (bicyclic) bond motifs is 1. The second kappa shape index (κ2) is 7.55. The van der Waals surface area contributed by atoms with E-state index >= 15 is 0 Å². The molecule has 7 nitrogen and oxygen atoms in total. The molecule has 3 rings (SSSR count). The number of para-hydroxylation sites is 2. The fourth-order valence-electron chi connectivity index (χ4n) is 2.61. The Morgan fingerprint density at radius 3 is 2.52 bits per heavy atom. The number of nitro benzene ring substituents is 1. The Bertz CT molecular complexity index is 1040. The Kier molecular flexibility index (Phi) is 5.18. The van der Waals surface area contributed by atoms with Crippen molar-refractivity contribution in [3.8, 4) is 0 Å². The number of carbonyl (C=O) groups excluding carboxylic acids is 2. The summed E-state index contributed by atoms with van der Waals surface area (Å²) in [5.41, 5.74) is 0.616. The van der Waals surface area contributed by atoms with Crippen LogP contribution in [0.15, 0.2) is 48.5 Å². The van der Waals surface area contributed by atoms with Gasteiger partial charge in [0, 0.05) is 10.8 Å². The van der Waals surface area contributed by atoms with E-state index in [1.165, 1.54) is 36.5 Å². The second-order valence-electron chi connectivity index (χ2n) is 5.86. The lowest BCUT2D eigenvalue weighted by Gasteiger charge is -2.13. The highest BCUT2D eigenvalue weighted by molar-refractivity contribution is 7.21. The summed E-state index contributed by atoms with van der Waals surface area (Å²) in [5, 5.41) is 14.4. The minimum Gasteiger partial charge on any atom is -0.448 e. The number of ether oxygens (including phenoxy) is 1. The van der Waals surface area contributed by atoms with Crippen molar-refractivity contribution in [1.82, 2.24) is 0 Å². The molecule has 1 N–H and O–H groups in total. The average Bonchev–Trinajstić information content (AvgIpc) is 2.99. The molecule has 3 aromatic rings. The van der Waals surface area contributed by atoms with Gasteiger partial charge in [-0.3, -0.25) is 14.9 Å². The van der Waals surface area contributed by atoms with Crippen molar-refractivity contribution in [2.75, 3.05) is 5.32 Å². The fourth-order valence-corrected chi connectivity index (χ4v) is 3.70. The maximum absolute atomic E-state index is 12.5. The van der Waals surface area contributed by atoms with Crippen molar-refractivity contribution < 1.29 is 19.2 Å². The van der Waals surface area contributed by atoms with Crippen molar-refractivity contribution in [1.29, 1.82) is 0 Å². The highest BCUT2D eigenvalue weighted by Gasteiger charge is 2.24. The van der Waals surface area contributed by atoms with Crippen LogP contribution in [0, 0.1) is 17.0 Å². The summed E-state index contributed by atoms with van der Waals surface area (Å²) in [6.45, 7) is 3.25. The number of rotatable bonds is 5. The molecule has 138 valence electrons. The first-order valence-electron chi connectivity index (χ1n) is 8.12. The van der Waals surface area contributed by atoms with Gasteiger partial charge in [-0.05, 0) is 36.9 Å². The number of esters is 1. The summed E-state index contributed by atoms with van der Waals surface area (Å²) >= 11 is 1.30. The van der Waals surface area contributed by atoms with Crippen molar-refractivity contribution in [3.05, 3.63) is 69.1 Å². The standard InChI is InChI=1S/C19H16N2O5S/c1-11-13-7-3-6-10-16(13)27-17(11)19(23)26-12(2)18(22)20-14-8-4-5-9-15(14)21(24)25/h3-10,12H,1-2H3,(H,20,22)/t12-/m0/s1. The monoisotopic (exact) mass is 384 g/mol. The molecule has 1 amide bonds. The molecular weight excluding hydrogens is 368 g/mol. The number of thiophene rings is 1. The Hall–Kier alpha value is -3.26. The van der Waals surface area contributed by atoms with E-state index in [-0.39, 0.29) is 11.4 Å². The maximum atomic E-state index is 12.5. The van der Waals surface area contributed by atoms with Crippen LogP contribution in [-0.4, -0.2) is 22.9 Å². The fraction of sp³-hybridized carbons (Fsp3) is 0.158. The second-order valence-corrected chi connectivity index (χ2v) is 6.92. The predicted molar refractivity (Wildman–Crippen MR) is 103 cm³/mol. The lowest BCUT2D eigenvalue weighted by molar-refractivity contribution is -0.383. The van der Waals surface area contributed by atoms with Crippen LogP contribution >= 0.6 is 11.3 Å². The van der Waals surface area contributed by atoms with Crippen LogP contribution in [0.1, 0.15) is 22.2 Å². The van der Waals surface area contributed by atoms with E-state index in [0.717, 1.165) is 15.6 Å². The minimum absolute atomic E-state index is 0.0495. The zero-order valence-electron chi connectivity index (χ0n) is 14.6. The van der Waals surface area contributed by atoms with Crippen molar-refractivity contribution >= 4 is 44.7 Å². The highest BCUT2D eigenvalue weighted by atomic mass is 32.1. The van der Waals surface area contributed by atoms with Gasteiger partial charge in [-0.2, -0.15) is 0 Å². The third-order valence-electron chi connectivity index (χ3n) is 4.04. The zero-order valence-corrected chi connectivity index (χ0v) is 15.4. The maximum Gasteiger partial charge on any atom is 0.349 e. The van der Waals surface area contributed by atoms with Gasteiger partial charge in [0.25, 0.3) is 11.6 Å². The Morgan fingerprint density at radius 1 is 1.15 bits per heavy atom. The molecule has 0 saturated carbocycles. The van der Waals surface area contributed by atoms with Crippen molar-refractivity contribution in [3.63, 3.8) is 0 Å². The molecule has 0 spiro atoms. The molecule has 1 atom stereocenters. The van der Waals surface area contributed by atoms with E-state index in [9.17, 15) is 19.7 Å². The van der Waals surface area contributed by atoms with Crippen LogP contribution in [0.25, 0.3) is 10.1 Å². The van der Waals surface area contributed by atoms with Crippen LogP contribution in [0.2, 0.25) is 0 Å². The number of hydrogen-bond acceptors (Lipinski definition) is 6. The van der Waals surface area contributed by atoms with Gasteiger partial charge >= 0.3 is 5.97 Å². The summed E-state index contributed by atoms with van der Waals surface area (Å²) in [7, 11) is 0. The lowest BCUT2D eigenvalue weighted by Crippen LogP contribution is -2.30. The minimum atomic E-state index is -1.11. The molecule has 0 unspecified atom stereocenters. The Balaban J connectivity index is 1.73. The molecule has 1 aromatic heterocycles. The summed E-state index contributed by atoms with van der Waals surface area (Å²) < 4.78 is 6.23. The van der Waals surface area contributed by atoms with E-state index in [0.29, 0.717) is 4.88 Å². The van der Waals surface area contributed by atoms with Gasteiger partial charge < -0.3 is 10.1 Å². The van der Waals surface area contributed by atoms with E-state index in [1.807, 2.05) is 31.2 Å². The zero-order chi connectivity index (χ0) is 19.6. The van der Waals surface area contributed by atoms with Gasteiger partial charge in [0.05, 0.1) is 4.92 Å². The van der Waals surface area contributed by atoms with E-state index < -0.39 is 22.9 Å². The van der Waals surface area contributed by atoms with Crippen LogP contribution in [0.5, 0.6) is 0 Å². The van der Waals surface area contributed by atoms with Gasteiger partial charge in [0.2, 0.25) is 0 Å². The van der Waals surface area contributed by atoms with E-state index in [2.05, 4.69) is 5.32 Å².